The molecule has 0 amide bonds. The number of anilines is 2. The smallest absolute Gasteiger partial charge is 0.307 e. The predicted octanol–water partition coefficient (Wildman–Crippen LogP) is 1.58. The molecule has 0 atom stereocenters. The van der Waals surface area contributed by atoms with Gasteiger partial charge in [-0.25, -0.2) is 9.97 Å². The zero-order chi connectivity index (χ0) is 13.4. The minimum Gasteiger partial charge on any atom is -0.469 e. The molecule has 0 radical (unpaired) electrons. The maximum atomic E-state index is 11.0. The Kier molecular flexibility index (Phi) is 5.90. The van der Waals surface area contributed by atoms with E-state index in [9.17, 15) is 4.79 Å². The van der Waals surface area contributed by atoms with E-state index in [0.29, 0.717) is 24.6 Å². The van der Waals surface area contributed by atoms with Crippen LogP contribution in [-0.2, 0) is 9.53 Å². The Balaban J connectivity index is 2.54. The Morgan fingerprint density at radius 1 is 1.28 bits per heavy atom. The molecule has 0 aliphatic heterocycles. The number of carbonyl (C=O) groups excluding carboxylic acids is 1. The number of rotatable bonds is 7. The first-order valence-corrected chi connectivity index (χ1v) is 6.06. The summed E-state index contributed by atoms with van der Waals surface area (Å²) >= 11 is 0. The van der Waals surface area contributed by atoms with Crippen molar-refractivity contribution in [2.24, 2.45) is 0 Å². The Bertz CT molecular complexity index is 396. The minimum absolute atomic E-state index is 0.238. The summed E-state index contributed by atoms with van der Waals surface area (Å²) in [6, 6.07) is 1.83. The van der Waals surface area contributed by atoms with E-state index in [-0.39, 0.29) is 5.97 Å². The van der Waals surface area contributed by atoms with Gasteiger partial charge in [-0.1, -0.05) is 6.92 Å². The molecule has 0 aromatic carbocycles. The fourth-order valence-corrected chi connectivity index (χ4v) is 1.40. The van der Waals surface area contributed by atoms with Crippen molar-refractivity contribution in [1.29, 1.82) is 0 Å². The molecule has 2 N–H and O–H groups in total. The third kappa shape index (κ3) is 4.99. The molecule has 1 aromatic rings. The lowest BCUT2D eigenvalue weighted by molar-refractivity contribution is -0.140. The standard InChI is InChI=1S/C12H20N4O2/c1-4-6-13-10-8-11(16-9(2)15-10)14-7-5-12(17)18-3/h8H,4-7H2,1-3H3,(H2,13,14,15,16). The molecule has 6 heteroatoms. The van der Waals surface area contributed by atoms with Crippen LogP contribution in [0.1, 0.15) is 25.6 Å². The van der Waals surface area contributed by atoms with E-state index in [1.807, 2.05) is 13.0 Å². The summed E-state index contributed by atoms with van der Waals surface area (Å²) in [5.41, 5.74) is 0. The Hall–Kier alpha value is -1.85. The lowest BCUT2D eigenvalue weighted by Crippen LogP contribution is -2.12. The van der Waals surface area contributed by atoms with Crippen molar-refractivity contribution in [3.05, 3.63) is 11.9 Å². The van der Waals surface area contributed by atoms with Crippen LogP contribution in [0.4, 0.5) is 11.6 Å². The van der Waals surface area contributed by atoms with Gasteiger partial charge in [-0.05, 0) is 13.3 Å². The van der Waals surface area contributed by atoms with E-state index < -0.39 is 0 Å². The molecule has 0 spiro atoms. The van der Waals surface area contributed by atoms with Crippen molar-refractivity contribution in [2.45, 2.75) is 26.7 Å². The highest BCUT2D eigenvalue weighted by Gasteiger charge is 2.03. The van der Waals surface area contributed by atoms with Crippen molar-refractivity contribution < 1.29 is 9.53 Å². The average Bonchev–Trinajstić information content (AvgIpc) is 2.35. The molecular weight excluding hydrogens is 232 g/mol. The van der Waals surface area contributed by atoms with Crippen molar-refractivity contribution >= 4 is 17.6 Å². The van der Waals surface area contributed by atoms with Gasteiger partial charge in [0.2, 0.25) is 0 Å². The van der Waals surface area contributed by atoms with Crippen LogP contribution in [0.25, 0.3) is 0 Å². The van der Waals surface area contributed by atoms with Gasteiger partial charge in [-0.2, -0.15) is 0 Å². The summed E-state index contributed by atoms with van der Waals surface area (Å²) in [7, 11) is 1.38. The molecule has 0 bridgehead atoms. The van der Waals surface area contributed by atoms with Gasteiger partial charge >= 0.3 is 5.97 Å². The molecule has 1 rings (SSSR count). The van der Waals surface area contributed by atoms with Gasteiger partial charge < -0.3 is 15.4 Å². The first-order valence-electron chi connectivity index (χ1n) is 6.06. The number of aryl methyl sites for hydroxylation is 1. The van der Waals surface area contributed by atoms with Gasteiger partial charge in [0.05, 0.1) is 13.5 Å². The van der Waals surface area contributed by atoms with Gasteiger partial charge in [0.1, 0.15) is 17.5 Å². The highest BCUT2D eigenvalue weighted by Crippen LogP contribution is 2.11. The number of hydrogen-bond acceptors (Lipinski definition) is 6. The third-order valence-corrected chi connectivity index (χ3v) is 2.26. The van der Waals surface area contributed by atoms with Gasteiger partial charge in [0.25, 0.3) is 0 Å². The number of nitrogens with zero attached hydrogens (tertiary/aromatic N) is 2. The van der Waals surface area contributed by atoms with Crippen molar-refractivity contribution in [3.8, 4) is 0 Å². The molecule has 100 valence electrons. The number of methoxy groups -OCH3 is 1. The van der Waals surface area contributed by atoms with Gasteiger partial charge in [-0.15, -0.1) is 0 Å². The number of hydrogen-bond donors (Lipinski definition) is 2. The average molecular weight is 252 g/mol. The number of nitrogens with one attached hydrogen (secondary N) is 2. The van der Waals surface area contributed by atoms with Crippen LogP contribution < -0.4 is 10.6 Å². The van der Waals surface area contributed by atoms with Crippen LogP contribution in [0.15, 0.2) is 6.07 Å². The molecule has 0 fully saturated rings. The highest BCUT2D eigenvalue weighted by molar-refractivity contribution is 5.69. The van der Waals surface area contributed by atoms with Crippen LogP contribution in [0.5, 0.6) is 0 Å². The second-order valence-corrected chi connectivity index (χ2v) is 3.87. The minimum atomic E-state index is -0.238. The Morgan fingerprint density at radius 3 is 2.44 bits per heavy atom. The van der Waals surface area contributed by atoms with Crippen LogP contribution in [-0.4, -0.2) is 36.1 Å². The van der Waals surface area contributed by atoms with Crippen LogP contribution in [0, 0.1) is 6.92 Å². The SMILES string of the molecule is CCCNc1cc(NCCC(=O)OC)nc(C)n1. The van der Waals surface area contributed by atoms with Gasteiger partial charge in [0.15, 0.2) is 0 Å². The molecule has 0 unspecified atom stereocenters. The van der Waals surface area contributed by atoms with Gasteiger partial charge in [-0.3, -0.25) is 4.79 Å². The summed E-state index contributed by atoms with van der Waals surface area (Å²) in [4.78, 5) is 19.5. The maximum absolute atomic E-state index is 11.0. The zero-order valence-electron chi connectivity index (χ0n) is 11.1. The highest BCUT2D eigenvalue weighted by atomic mass is 16.5. The Labute approximate surface area is 107 Å². The van der Waals surface area contributed by atoms with Crippen molar-refractivity contribution in [1.82, 2.24) is 9.97 Å². The van der Waals surface area contributed by atoms with Crippen LogP contribution in [0.3, 0.4) is 0 Å². The number of aromatic nitrogens is 2. The summed E-state index contributed by atoms with van der Waals surface area (Å²) in [6.45, 7) is 5.30. The molecule has 6 nitrogen and oxygen atoms in total. The fraction of sp³-hybridized carbons (Fsp3) is 0.583. The molecule has 1 aromatic heterocycles. The summed E-state index contributed by atoms with van der Waals surface area (Å²) in [5, 5.41) is 6.28. The molecule has 1 heterocycles. The van der Waals surface area contributed by atoms with E-state index in [1.165, 1.54) is 7.11 Å². The number of esters is 1. The monoisotopic (exact) mass is 252 g/mol. The molecular formula is C12H20N4O2. The van der Waals surface area contributed by atoms with E-state index in [1.54, 1.807) is 0 Å². The number of carbonyl (C=O) groups is 1. The molecule has 0 aliphatic rings. The van der Waals surface area contributed by atoms with Crippen molar-refractivity contribution in [2.75, 3.05) is 30.8 Å². The van der Waals surface area contributed by atoms with E-state index >= 15 is 0 Å². The van der Waals surface area contributed by atoms with Crippen molar-refractivity contribution in [3.63, 3.8) is 0 Å². The van der Waals surface area contributed by atoms with Gasteiger partial charge in [0, 0.05) is 19.2 Å². The van der Waals surface area contributed by atoms with E-state index in [0.717, 1.165) is 18.8 Å². The van der Waals surface area contributed by atoms with E-state index in [4.69, 9.17) is 0 Å². The third-order valence-electron chi connectivity index (χ3n) is 2.26. The molecule has 0 saturated carbocycles. The second kappa shape index (κ2) is 7.47. The Morgan fingerprint density at radius 2 is 1.89 bits per heavy atom. The first kappa shape index (κ1) is 14.2. The fourth-order valence-electron chi connectivity index (χ4n) is 1.40. The number of ether oxygens (including phenoxy) is 1. The summed E-state index contributed by atoms with van der Waals surface area (Å²) in [6.07, 6.45) is 1.35. The second-order valence-electron chi connectivity index (χ2n) is 3.87. The summed E-state index contributed by atoms with van der Waals surface area (Å²) in [5.74, 6) is 1.96. The zero-order valence-corrected chi connectivity index (χ0v) is 11.1. The van der Waals surface area contributed by atoms with E-state index in [2.05, 4.69) is 32.3 Å². The lowest BCUT2D eigenvalue weighted by Gasteiger charge is -2.09. The predicted molar refractivity (Wildman–Crippen MR) is 70.7 cm³/mol. The molecule has 0 saturated heterocycles. The normalized spacial score (nSPS) is 9.94. The first-order chi connectivity index (χ1) is 8.65. The molecule has 18 heavy (non-hydrogen) atoms. The van der Waals surface area contributed by atoms with Crippen LogP contribution >= 0.6 is 0 Å². The van der Waals surface area contributed by atoms with Crippen LogP contribution in [0.2, 0.25) is 0 Å². The lowest BCUT2D eigenvalue weighted by atomic mass is 10.4. The maximum Gasteiger partial charge on any atom is 0.307 e. The topological polar surface area (TPSA) is 76.1 Å². The molecule has 0 aliphatic carbocycles. The largest absolute Gasteiger partial charge is 0.469 e. The quantitative estimate of drug-likeness (QED) is 0.718. The summed E-state index contributed by atoms with van der Waals surface area (Å²) < 4.78 is 4.56.